The van der Waals surface area contributed by atoms with Gasteiger partial charge in [0.15, 0.2) is 5.96 Å². The lowest BCUT2D eigenvalue weighted by Crippen LogP contribution is -2.48. The molecule has 0 aromatic heterocycles. The minimum atomic E-state index is -0.136. The molecule has 0 atom stereocenters. The number of carbonyl (C=O) groups is 2. The number of amides is 1. The number of carbonyl (C=O) groups excluding carboxylic acids is 2. The topological polar surface area (TPSA) is 83.0 Å². The Balaban J connectivity index is 0.00000364. The number of rotatable bonds is 5. The predicted octanol–water partition coefficient (Wildman–Crippen LogP) is 2.26. The first-order valence-electron chi connectivity index (χ1n) is 8.62. The number of esters is 1. The molecule has 9 heteroatoms. The van der Waals surface area contributed by atoms with E-state index in [4.69, 9.17) is 4.74 Å². The predicted molar refractivity (Wildman–Crippen MR) is 120 cm³/mol. The van der Waals surface area contributed by atoms with Crippen LogP contribution in [0.15, 0.2) is 33.7 Å². The summed E-state index contributed by atoms with van der Waals surface area (Å²) in [7, 11) is 3.16. The monoisotopic (exact) mass is 552 g/mol. The Labute approximate surface area is 185 Å². The molecule has 0 radical (unpaired) electrons. The minimum absolute atomic E-state index is 0. The molecule has 1 fully saturated rings. The SMILES string of the molecule is CN=C(NCCNC(=O)c1cccc(Br)c1)N1CCC(C(=O)OC)CC1.I. The fraction of sp³-hybridized carbons (Fsp3) is 0.500. The molecule has 0 spiro atoms. The maximum Gasteiger partial charge on any atom is 0.308 e. The molecule has 0 aliphatic carbocycles. The smallest absolute Gasteiger partial charge is 0.308 e. The number of nitrogens with one attached hydrogen (secondary N) is 2. The molecule has 27 heavy (non-hydrogen) atoms. The van der Waals surface area contributed by atoms with Gasteiger partial charge in [0, 0.05) is 43.3 Å². The molecule has 1 heterocycles. The van der Waals surface area contributed by atoms with Crippen LogP contribution >= 0.6 is 39.9 Å². The van der Waals surface area contributed by atoms with Crippen LogP contribution in [0.2, 0.25) is 0 Å². The first-order chi connectivity index (χ1) is 12.5. The molecule has 1 aromatic rings. The number of halogens is 2. The minimum Gasteiger partial charge on any atom is -0.469 e. The summed E-state index contributed by atoms with van der Waals surface area (Å²) in [6.07, 6.45) is 1.51. The third-order valence-electron chi connectivity index (χ3n) is 4.32. The first-order valence-corrected chi connectivity index (χ1v) is 9.41. The average Bonchev–Trinajstić information content (AvgIpc) is 2.67. The second-order valence-electron chi connectivity index (χ2n) is 6.02. The van der Waals surface area contributed by atoms with Crippen LogP contribution in [-0.2, 0) is 9.53 Å². The normalized spacial score (nSPS) is 14.9. The Morgan fingerprint density at radius 2 is 1.93 bits per heavy atom. The first kappa shape index (κ1) is 23.7. The van der Waals surface area contributed by atoms with E-state index in [1.807, 2.05) is 12.1 Å². The number of likely N-dealkylation sites (tertiary alicyclic amines) is 1. The number of hydrogen-bond donors (Lipinski definition) is 2. The van der Waals surface area contributed by atoms with Crippen LogP contribution in [0.5, 0.6) is 0 Å². The lowest BCUT2D eigenvalue weighted by atomic mass is 9.97. The van der Waals surface area contributed by atoms with E-state index in [9.17, 15) is 9.59 Å². The van der Waals surface area contributed by atoms with Crippen molar-refractivity contribution in [2.75, 3.05) is 40.3 Å². The molecule has 150 valence electrons. The lowest BCUT2D eigenvalue weighted by Gasteiger charge is -2.33. The highest BCUT2D eigenvalue weighted by atomic mass is 127. The van der Waals surface area contributed by atoms with E-state index < -0.39 is 0 Å². The summed E-state index contributed by atoms with van der Waals surface area (Å²) in [5.74, 6) is 0.508. The van der Waals surface area contributed by atoms with Crippen LogP contribution in [-0.4, -0.2) is 63.1 Å². The maximum atomic E-state index is 12.1. The van der Waals surface area contributed by atoms with Gasteiger partial charge < -0.3 is 20.3 Å². The van der Waals surface area contributed by atoms with Crippen molar-refractivity contribution in [2.24, 2.45) is 10.9 Å². The number of hydrogen-bond acceptors (Lipinski definition) is 4. The zero-order valence-corrected chi connectivity index (χ0v) is 19.5. The molecule has 0 bridgehead atoms. The number of nitrogens with zero attached hydrogens (tertiary/aromatic N) is 2. The summed E-state index contributed by atoms with van der Waals surface area (Å²) in [4.78, 5) is 30.1. The molecule has 1 saturated heterocycles. The van der Waals surface area contributed by atoms with Crippen LogP contribution in [0.4, 0.5) is 0 Å². The Morgan fingerprint density at radius 3 is 2.52 bits per heavy atom. The second kappa shape index (κ2) is 12.2. The Bertz CT molecular complexity index is 664. The van der Waals surface area contributed by atoms with Crippen LogP contribution in [0, 0.1) is 5.92 Å². The van der Waals surface area contributed by atoms with E-state index in [2.05, 4.69) is 36.5 Å². The van der Waals surface area contributed by atoms with Gasteiger partial charge in [-0.2, -0.15) is 0 Å². The van der Waals surface area contributed by atoms with Gasteiger partial charge in [-0.3, -0.25) is 14.6 Å². The number of methoxy groups -OCH3 is 1. The van der Waals surface area contributed by atoms with Gasteiger partial charge in [0.05, 0.1) is 13.0 Å². The molecule has 1 aliphatic heterocycles. The van der Waals surface area contributed by atoms with Crippen LogP contribution < -0.4 is 10.6 Å². The van der Waals surface area contributed by atoms with Crippen molar-refractivity contribution in [2.45, 2.75) is 12.8 Å². The fourth-order valence-corrected chi connectivity index (χ4v) is 3.31. The number of aliphatic imine (C=N–C) groups is 1. The van der Waals surface area contributed by atoms with E-state index in [1.165, 1.54) is 7.11 Å². The van der Waals surface area contributed by atoms with Gasteiger partial charge in [-0.1, -0.05) is 22.0 Å². The Morgan fingerprint density at radius 1 is 1.26 bits per heavy atom. The van der Waals surface area contributed by atoms with Crippen LogP contribution in [0.1, 0.15) is 23.2 Å². The van der Waals surface area contributed by atoms with Gasteiger partial charge in [0.2, 0.25) is 0 Å². The fourth-order valence-electron chi connectivity index (χ4n) is 2.91. The summed E-state index contributed by atoms with van der Waals surface area (Å²) in [5.41, 5.74) is 0.619. The summed E-state index contributed by atoms with van der Waals surface area (Å²) in [6.45, 7) is 2.57. The van der Waals surface area contributed by atoms with Crippen molar-refractivity contribution in [3.8, 4) is 0 Å². The zero-order valence-electron chi connectivity index (χ0n) is 15.5. The number of ether oxygens (including phenoxy) is 1. The summed E-state index contributed by atoms with van der Waals surface area (Å²) < 4.78 is 5.69. The third-order valence-corrected chi connectivity index (χ3v) is 4.81. The molecule has 7 nitrogen and oxygen atoms in total. The molecule has 1 aromatic carbocycles. The van der Waals surface area contributed by atoms with Crippen molar-refractivity contribution in [1.29, 1.82) is 0 Å². The number of guanidine groups is 1. The second-order valence-corrected chi connectivity index (χ2v) is 6.94. The number of benzene rings is 1. The lowest BCUT2D eigenvalue weighted by molar-refractivity contribution is -0.146. The van der Waals surface area contributed by atoms with Gasteiger partial charge in [0.1, 0.15) is 0 Å². The van der Waals surface area contributed by atoms with Crippen molar-refractivity contribution in [3.63, 3.8) is 0 Å². The summed E-state index contributed by atoms with van der Waals surface area (Å²) in [6, 6.07) is 7.27. The highest BCUT2D eigenvalue weighted by Gasteiger charge is 2.26. The molecular formula is C18H26BrIN4O3. The van der Waals surface area contributed by atoms with E-state index in [0.29, 0.717) is 18.7 Å². The van der Waals surface area contributed by atoms with Gasteiger partial charge in [-0.15, -0.1) is 24.0 Å². The highest BCUT2D eigenvalue weighted by Crippen LogP contribution is 2.18. The van der Waals surface area contributed by atoms with Crippen molar-refractivity contribution >= 4 is 57.7 Å². The quantitative estimate of drug-likeness (QED) is 0.192. The van der Waals surface area contributed by atoms with Crippen molar-refractivity contribution in [1.82, 2.24) is 15.5 Å². The van der Waals surface area contributed by atoms with Crippen LogP contribution in [0.3, 0.4) is 0 Å². The largest absolute Gasteiger partial charge is 0.469 e. The molecule has 1 amide bonds. The molecule has 2 rings (SSSR count). The molecule has 2 N–H and O–H groups in total. The van der Waals surface area contributed by atoms with E-state index in [0.717, 1.165) is 36.4 Å². The highest BCUT2D eigenvalue weighted by molar-refractivity contribution is 14.0. The molecule has 0 saturated carbocycles. The van der Waals surface area contributed by atoms with Crippen molar-refractivity contribution < 1.29 is 14.3 Å². The Hall–Kier alpha value is -1.36. The molecule has 1 aliphatic rings. The van der Waals surface area contributed by atoms with E-state index in [1.54, 1.807) is 19.2 Å². The average molecular weight is 553 g/mol. The summed E-state index contributed by atoms with van der Waals surface area (Å²) in [5, 5.41) is 6.13. The van der Waals surface area contributed by atoms with Gasteiger partial charge in [-0.25, -0.2) is 0 Å². The standard InChI is InChI=1S/C18H25BrN4O3.HI/c1-20-18(23-10-6-13(7-11-23)17(25)26-2)22-9-8-21-16(24)14-4-3-5-15(19)12-14;/h3-5,12-13H,6-11H2,1-2H3,(H,20,22)(H,21,24);1H. The maximum absolute atomic E-state index is 12.1. The Kier molecular flexibility index (Phi) is 10.7. The summed E-state index contributed by atoms with van der Waals surface area (Å²) >= 11 is 3.36. The number of piperidine rings is 1. The van der Waals surface area contributed by atoms with E-state index >= 15 is 0 Å². The van der Waals surface area contributed by atoms with Gasteiger partial charge in [-0.05, 0) is 31.0 Å². The molecular weight excluding hydrogens is 527 g/mol. The van der Waals surface area contributed by atoms with E-state index in [-0.39, 0.29) is 41.8 Å². The molecule has 0 unspecified atom stereocenters. The van der Waals surface area contributed by atoms with Gasteiger partial charge in [0.25, 0.3) is 5.91 Å². The van der Waals surface area contributed by atoms with Crippen LogP contribution in [0.25, 0.3) is 0 Å². The zero-order chi connectivity index (χ0) is 18.9. The van der Waals surface area contributed by atoms with Gasteiger partial charge >= 0.3 is 5.97 Å². The van der Waals surface area contributed by atoms with Crippen molar-refractivity contribution in [3.05, 3.63) is 34.3 Å². The third kappa shape index (κ3) is 7.28.